The van der Waals surface area contributed by atoms with Crippen molar-refractivity contribution >= 4 is 16.8 Å². The van der Waals surface area contributed by atoms with Gasteiger partial charge in [0, 0.05) is 34.8 Å². The number of quaternary nitrogens is 1. The highest BCUT2D eigenvalue weighted by Crippen LogP contribution is 2.34. The predicted octanol–water partition coefficient (Wildman–Crippen LogP) is 3.85. The van der Waals surface area contributed by atoms with Gasteiger partial charge in [-0.25, -0.2) is 4.98 Å². The maximum absolute atomic E-state index is 12.7. The lowest BCUT2D eigenvalue weighted by atomic mass is 9.96. The Morgan fingerprint density at radius 3 is 2.47 bits per heavy atom. The molecular weight excluding hydrogens is 372 g/mol. The van der Waals surface area contributed by atoms with E-state index < -0.39 is 0 Å². The van der Waals surface area contributed by atoms with Crippen LogP contribution >= 0.6 is 0 Å². The molecule has 2 aromatic carbocycles. The fourth-order valence-electron chi connectivity index (χ4n) is 3.49. The zero-order valence-corrected chi connectivity index (χ0v) is 17.1. The van der Waals surface area contributed by atoms with Gasteiger partial charge in [-0.3, -0.25) is 9.78 Å². The van der Waals surface area contributed by atoms with Crippen molar-refractivity contribution in [1.29, 1.82) is 0 Å². The second kappa shape index (κ2) is 8.84. The minimum Gasteiger partial charge on any atom is -0.354 e. The molecule has 5 nitrogen and oxygen atoms in total. The number of pyridine rings is 2. The Morgan fingerprint density at radius 1 is 1.00 bits per heavy atom. The summed E-state index contributed by atoms with van der Waals surface area (Å²) in [4.78, 5) is 22.0. The summed E-state index contributed by atoms with van der Waals surface area (Å²) in [5, 5.41) is 3.68. The number of nitrogens with zero attached hydrogens (tertiary/aromatic N) is 2. The van der Waals surface area contributed by atoms with Crippen molar-refractivity contribution in [2.24, 2.45) is 0 Å². The highest BCUT2D eigenvalue weighted by molar-refractivity contribution is 6.06. The molecule has 4 rings (SSSR count). The van der Waals surface area contributed by atoms with Crippen molar-refractivity contribution in [2.45, 2.75) is 19.9 Å². The first-order chi connectivity index (χ1) is 14.7. The first-order valence-corrected chi connectivity index (χ1v) is 10.2. The Morgan fingerprint density at radius 2 is 1.77 bits per heavy atom. The van der Waals surface area contributed by atoms with Gasteiger partial charge in [-0.15, -0.1) is 0 Å². The van der Waals surface area contributed by atoms with Crippen LogP contribution in [0.4, 0.5) is 0 Å². The minimum atomic E-state index is -0.171. The molecule has 30 heavy (non-hydrogen) atoms. The molecule has 2 heterocycles. The summed E-state index contributed by atoms with van der Waals surface area (Å²) < 4.78 is 0. The number of carbonyl (C=O) groups is 1. The molecule has 5 heteroatoms. The molecule has 0 aliphatic carbocycles. The molecule has 2 aromatic heterocycles. The van der Waals surface area contributed by atoms with E-state index in [0.29, 0.717) is 12.2 Å². The summed E-state index contributed by atoms with van der Waals surface area (Å²) in [6.45, 7) is 3.39. The van der Waals surface area contributed by atoms with Gasteiger partial charge < -0.3 is 11.1 Å². The third-order valence-corrected chi connectivity index (χ3v) is 5.09. The fourth-order valence-corrected chi connectivity index (χ4v) is 3.49. The van der Waals surface area contributed by atoms with Gasteiger partial charge in [-0.1, -0.05) is 61.5 Å². The van der Waals surface area contributed by atoms with Crippen LogP contribution in [0.1, 0.15) is 29.4 Å². The van der Waals surface area contributed by atoms with Crippen LogP contribution in [0.5, 0.6) is 0 Å². The van der Waals surface area contributed by atoms with Gasteiger partial charge in [0.2, 0.25) is 0 Å². The van der Waals surface area contributed by atoms with Crippen LogP contribution in [0.25, 0.3) is 33.3 Å². The van der Waals surface area contributed by atoms with Crippen molar-refractivity contribution in [3.05, 3.63) is 84.2 Å². The number of rotatable bonds is 6. The van der Waals surface area contributed by atoms with Crippen LogP contribution in [0.2, 0.25) is 0 Å². The summed E-state index contributed by atoms with van der Waals surface area (Å²) >= 11 is 0. The zero-order chi connectivity index (χ0) is 20.9. The van der Waals surface area contributed by atoms with Crippen LogP contribution in [-0.4, -0.2) is 22.4 Å². The first-order valence-electron chi connectivity index (χ1n) is 10.2. The minimum absolute atomic E-state index is 0.171. The van der Waals surface area contributed by atoms with Crippen molar-refractivity contribution in [2.75, 3.05) is 6.54 Å². The highest BCUT2D eigenvalue weighted by Gasteiger charge is 2.17. The topological polar surface area (TPSA) is 82.5 Å². The van der Waals surface area contributed by atoms with E-state index >= 15 is 0 Å². The lowest BCUT2D eigenvalue weighted by molar-refractivity contribution is -0.386. The Kier molecular flexibility index (Phi) is 5.82. The molecule has 0 fully saturated rings. The molecule has 0 aliphatic rings. The second-order valence-electron chi connectivity index (χ2n) is 7.18. The van der Waals surface area contributed by atoms with E-state index in [4.69, 9.17) is 4.98 Å². The van der Waals surface area contributed by atoms with Crippen molar-refractivity contribution in [3.8, 4) is 22.4 Å². The molecular formula is C25H25N4O+. The number of hydrogen-bond donors (Lipinski definition) is 2. The van der Waals surface area contributed by atoms with Crippen molar-refractivity contribution < 1.29 is 10.5 Å². The summed E-state index contributed by atoms with van der Waals surface area (Å²) in [6.07, 6.45) is 2.52. The van der Waals surface area contributed by atoms with Gasteiger partial charge in [0.25, 0.3) is 5.91 Å². The molecule has 4 aromatic rings. The van der Waals surface area contributed by atoms with Gasteiger partial charge in [0.15, 0.2) is 0 Å². The molecule has 0 unspecified atom stereocenters. The van der Waals surface area contributed by atoms with Gasteiger partial charge >= 0.3 is 0 Å². The van der Waals surface area contributed by atoms with Crippen LogP contribution < -0.4 is 11.1 Å². The van der Waals surface area contributed by atoms with Gasteiger partial charge in [-0.05, 0) is 24.1 Å². The maximum Gasteiger partial charge on any atom is 0.270 e. The number of aromatic nitrogens is 2. The Hall–Kier alpha value is -3.57. The molecule has 0 saturated carbocycles. The fraction of sp³-hybridized carbons (Fsp3) is 0.160. The molecule has 0 radical (unpaired) electrons. The average molecular weight is 398 g/mol. The lowest BCUT2D eigenvalue weighted by Crippen LogP contribution is -2.47. The van der Waals surface area contributed by atoms with Crippen molar-refractivity contribution in [3.63, 3.8) is 0 Å². The number of nitrogens with one attached hydrogen (secondary N) is 1. The molecule has 0 saturated heterocycles. The first kappa shape index (κ1) is 19.7. The van der Waals surface area contributed by atoms with E-state index in [1.807, 2.05) is 37.3 Å². The van der Waals surface area contributed by atoms with Crippen LogP contribution in [0.3, 0.4) is 0 Å². The molecule has 150 valence electrons. The second-order valence-corrected chi connectivity index (χ2v) is 7.18. The van der Waals surface area contributed by atoms with Crippen LogP contribution in [-0.2, 0) is 6.54 Å². The Labute approximate surface area is 176 Å². The number of fused-ring (bicyclic) bond motifs is 1. The molecule has 0 spiro atoms. The number of benzene rings is 2. The smallest absolute Gasteiger partial charge is 0.270 e. The highest BCUT2D eigenvalue weighted by atomic mass is 16.1. The monoisotopic (exact) mass is 397 g/mol. The predicted molar refractivity (Wildman–Crippen MR) is 120 cm³/mol. The number of carbonyl (C=O) groups excluding carboxylic acids is 1. The molecule has 0 bridgehead atoms. The van der Waals surface area contributed by atoms with E-state index in [1.54, 1.807) is 6.20 Å². The normalized spacial score (nSPS) is 10.9. The third kappa shape index (κ3) is 3.93. The number of amides is 1. The van der Waals surface area contributed by atoms with E-state index in [2.05, 4.69) is 52.4 Å². The number of hydrogen-bond acceptors (Lipinski definition) is 3. The van der Waals surface area contributed by atoms with Gasteiger partial charge in [0.05, 0.1) is 17.8 Å². The quantitative estimate of drug-likeness (QED) is 0.518. The largest absolute Gasteiger partial charge is 0.354 e. The van der Waals surface area contributed by atoms with E-state index in [1.165, 1.54) is 5.56 Å². The molecule has 4 N–H and O–H groups in total. The molecule has 0 atom stereocenters. The molecule has 0 aliphatic heterocycles. The SMILES string of the molecule is CCCNC(=O)c1nccc2nc(-c3ccc(C[NH3+])cc3)c(-c3ccccc3)cc12. The third-order valence-electron chi connectivity index (χ3n) is 5.09. The van der Waals surface area contributed by atoms with E-state index in [-0.39, 0.29) is 5.91 Å². The lowest BCUT2D eigenvalue weighted by Gasteiger charge is -2.13. The Bertz CT molecular complexity index is 1170. The average Bonchev–Trinajstić information content (AvgIpc) is 2.82. The standard InChI is InChI=1S/C25H24N4O/c1-2-13-28-25(30)24-21-15-20(18-6-4-3-5-7-18)23(29-22(21)12-14-27-24)19-10-8-17(16-26)9-11-19/h3-12,14-15H,2,13,16,26H2,1H3,(H,28,30)/p+1. The summed E-state index contributed by atoms with van der Waals surface area (Å²) in [6, 6.07) is 22.3. The van der Waals surface area contributed by atoms with Crippen LogP contribution in [0.15, 0.2) is 72.9 Å². The summed E-state index contributed by atoms with van der Waals surface area (Å²) in [5.74, 6) is -0.171. The zero-order valence-electron chi connectivity index (χ0n) is 17.1. The van der Waals surface area contributed by atoms with Crippen LogP contribution in [0, 0.1) is 0 Å². The van der Waals surface area contributed by atoms with Gasteiger partial charge in [0.1, 0.15) is 5.69 Å². The van der Waals surface area contributed by atoms with E-state index in [9.17, 15) is 4.79 Å². The van der Waals surface area contributed by atoms with E-state index in [0.717, 1.165) is 46.3 Å². The Balaban J connectivity index is 1.93. The van der Waals surface area contributed by atoms with Gasteiger partial charge in [-0.2, -0.15) is 0 Å². The van der Waals surface area contributed by atoms with Crippen molar-refractivity contribution in [1.82, 2.24) is 15.3 Å². The summed E-state index contributed by atoms with van der Waals surface area (Å²) in [5.41, 5.74) is 10.2. The summed E-state index contributed by atoms with van der Waals surface area (Å²) in [7, 11) is 0. The maximum atomic E-state index is 12.7. The molecule has 1 amide bonds.